The molecule has 0 aliphatic carbocycles. The van der Waals surface area contributed by atoms with Crippen molar-refractivity contribution in [2.75, 3.05) is 0 Å². The van der Waals surface area contributed by atoms with Crippen LogP contribution in [-0.4, -0.2) is 44.7 Å². The zero-order valence-corrected chi connectivity index (χ0v) is 15.9. The molecule has 0 amide bonds. The average molecular weight is 376 g/mol. The third-order valence-corrected chi connectivity index (χ3v) is 3.44. The predicted octanol–water partition coefficient (Wildman–Crippen LogP) is 3.46. The number of allylic oxidation sites excluding steroid dienone is 8. The van der Waals surface area contributed by atoms with E-state index in [-0.39, 0.29) is 12.8 Å². The van der Waals surface area contributed by atoms with Gasteiger partial charge in [-0.1, -0.05) is 79.8 Å². The molecule has 0 aliphatic heterocycles. The number of aliphatic carboxylic acids is 1. The minimum Gasteiger partial charge on any atom is -0.481 e. The molecular weight excluding hydrogens is 344 g/mol. The van der Waals surface area contributed by atoms with E-state index in [1.54, 1.807) is 54.7 Å². The largest absolute Gasteiger partial charge is 0.481 e. The van der Waals surface area contributed by atoms with Crippen LogP contribution in [0.25, 0.3) is 0 Å². The highest BCUT2D eigenvalue weighted by molar-refractivity contribution is 5.66. The summed E-state index contributed by atoms with van der Waals surface area (Å²) < 4.78 is 0. The summed E-state index contributed by atoms with van der Waals surface area (Å²) in [6.07, 6.45) is 20.9. The summed E-state index contributed by atoms with van der Waals surface area (Å²) >= 11 is 0. The van der Waals surface area contributed by atoms with Gasteiger partial charge in [-0.2, -0.15) is 0 Å². The second-order valence-corrected chi connectivity index (χ2v) is 5.92. The van der Waals surface area contributed by atoms with Crippen LogP contribution in [0.1, 0.15) is 39.0 Å². The molecule has 5 heteroatoms. The van der Waals surface area contributed by atoms with Crippen LogP contribution < -0.4 is 0 Å². The highest BCUT2D eigenvalue weighted by Crippen LogP contribution is 2.03. The van der Waals surface area contributed by atoms with Crippen molar-refractivity contribution < 1.29 is 25.2 Å². The molecular formula is C22H32O5. The van der Waals surface area contributed by atoms with Crippen LogP contribution >= 0.6 is 0 Å². The first-order valence-corrected chi connectivity index (χ1v) is 9.21. The number of aliphatic hydroxyl groups is 3. The van der Waals surface area contributed by atoms with E-state index in [4.69, 9.17) is 5.11 Å². The van der Waals surface area contributed by atoms with E-state index in [1.807, 2.05) is 19.1 Å². The molecule has 3 atom stereocenters. The first-order valence-electron chi connectivity index (χ1n) is 9.21. The second kappa shape index (κ2) is 17.2. The molecule has 27 heavy (non-hydrogen) atoms. The predicted molar refractivity (Wildman–Crippen MR) is 109 cm³/mol. The molecule has 0 aliphatic rings. The van der Waals surface area contributed by atoms with E-state index in [2.05, 4.69) is 0 Å². The maximum absolute atomic E-state index is 10.4. The smallest absolute Gasteiger partial charge is 0.303 e. The SMILES string of the molecule is CCC=CC[C@H](O)C=CC=CC=CC=C[C@@H](O)[C@@H](O)CC=CCCC(=O)O. The van der Waals surface area contributed by atoms with Gasteiger partial charge in [0.1, 0.15) is 0 Å². The van der Waals surface area contributed by atoms with Crippen molar-refractivity contribution >= 4 is 5.97 Å². The normalized spacial score (nSPS) is 16.6. The number of carboxylic acid groups (broad SMARTS) is 1. The van der Waals surface area contributed by atoms with Crippen molar-refractivity contribution in [3.63, 3.8) is 0 Å². The van der Waals surface area contributed by atoms with Gasteiger partial charge in [-0.15, -0.1) is 0 Å². The molecule has 0 heterocycles. The van der Waals surface area contributed by atoms with E-state index in [9.17, 15) is 20.1 Å². The van der Waals surface area contributed by atoms with Crippen LogP contribution in [0.3, 0.4) is 0 Å². The van der Waals surface area contributed by atoms with E-state index in [0.717, 1.165) is 6.42 Å². The van der Waals surface area contributed by atoms with Crippen molar-refractivity contribution in [2.45, 2.75) is 57.3 Å². The lowest BCUT2D eigenvalue weighted by Gasteiger charge is -2.11. The van der Waals surface area contributed by atoms with Gasteiger partial charge in [-0.25, -0.2) is 0 Å². The minimum absolute atomic E-state index is 0.0530. The summed E-state index contributed by atoms with van der Waals surface area (Å²) in [7, 11) is 0. The standard InChI is InChI=1S/C22H32O5/c1-2-3-9-14-19(23)15-10-6-4-5-7-11-16-20(24)21(25)17-12-8-13-18-22(26)27/h3-12,15-16,19-21,23-25H,2,13-14,17-18H2,1H3,(H,26,27)/t19-,20+,21-/m0/s1. The Morgan fingerprint density at radius 1 is 0.815 bits per heavy atom. The van der Waals surface area contributed by atoms with Gasteiger partial charge < -0.3 is 20.4 Å². The highest BCUT2D eigenvalue weighted by atomic mass is 16.4. The number of hydrogen-bond donors (Lipinski definition) is 4. The van der Waals surface area contributed by atoms with Crippen molar-refractivity contribution in [2.24, 2.45) is 0 Å². The molecule has 0 fully saturated rings. The lowest BCUT2D eigenvalue weighted by atomic mass is 10.1. The van der Waals surface area contributed by atoms with Crippen molar-refractivity contribution in [1.29, 1.82) is 0 Å². The quantitative estimate of drug-likeness (QED) is 0.275. The Kier molecular flexibility index (Phi) is 15.8. The summed E-state index contributed by atoms with van der Waals surface area (Å²) in [6.45, 7) is 2.05. The first-order chi connectivity index (χ1) is 13.0. The number of carbonyl (C=O) groups is 1. The summed E-state index contributed by atoms with van der Waals surface area (Å²) in [5.74, 6) is -0.861. The second-order valence-electron chi connectivity index (χ2n) is 5.92. The lowest BCUT2D eigenvalue weighted by molar-refractivity contribution is -0.136. The number of carboxylic acids is 1. The van der Waals surface area contributed by atoms with Crippen LogP contribution in [0.5, 0.6) is 0 Å². The first kappa shape index (κ1) is 24.8. The van der Waals surface area contributed by atoms with Gasteiger partial charge in [0.2, 0.25) is 0 Å². The molecule has 0 radical (unpaired) electrons. The molecule has 0 rings (SSSR count). The summed E-state index contributed by atoms with van der Waals surface area (Å²) in [4.78, 5) is 10.4. The van der Waals surface area contributed by atoms with Gasteiger partial charge in [-0.05, 0) is 25.7 Å². The maximum atomic E-state index is 10.4. The van der Waals surface area contributed by atoms with E-state index in [0.29, 0.717) is 12.8 Å². The topological polar surface area (TPSA) is 98.0 Å². The highest BCUT2D eigenvalue weighted by Gasteiger charge is 2.10. The van der Waals surface area contributed by atoms with Gasteiger partial charge in [0.05, 0.1) is 18.3 Å². The summed E-state index contributed by atoms with van der Waals surface area (Å²) in [5, 5.41) is 37.7. The van der Waals surface area contributed by atoms with Crippen LogP contribution in [0.2, 0.25) is 0 Å². The molecule has 0 aromatic carbocycles. The van der Waals surface area contributed by atoms with Gasteiger partial charge in [-0.3, -0.25) is 4.79 Å². The van der Waals surface area contributed by atoms with E-state index in [1.165, 1.54) is 6.08 Å². The number of aliphatic hydroxyl groups excluding tert-OH is 3. The van der Waals surface area contributed by atoms with Crippen molar-refractivity contribution in [3.05, 3.63) is 72.9 Å². The Morgan fingerprint density at radius 3 is 2.04 bits per heavy atom. The van der Waals surface area contributed by atoms with Crippen LogP contribution in [0, 0.1) is 0 Å². The van der Waals surface area contributed by atoms with Gasteiger partial charge >= 0.3 is 5.97 Å². The fourth-order valence-electron chi connectivity index (χ4n) is 1.94. The third-order valence-electron chi connectivity index (χ3n) is 3.44. The summed E-state index contributed by atoms with van der Waals surface area (Å²) in [6, 6.07) is 0. The average Bonchev–Trinajstić information content (AvgIpc) is 2.63. The fourth-order valence-corrected chi connectivity index (χ4v) is 1.94. The van der Waals surface area contributed by atoms with Gasteiger partial charge in [0.25, 0.3) is 0 Å². The lowest BCUT2D eigenvalue weighted by Crippen LogP contribution is -2.22. The Morgan fingerprint density at radius 2 is 1.41 bits per heavy atom. The van der Waals surface area contributed by atoms with Crippen molar-refractivity contribution in [1.82, 2.24) is 0 Å². The molecule has 0 unspecified atom stereocenters. The molecule has 150 valence electrons. The molecule has 4 N–H and O–H groups in total. The van der Waals surface area contributed by atoms with Crippen molar-refractivity contribution in [3.8, 4) is 0 Å². The van der Waals surface area contributed by atoms with Crippen LogP contribution in [0.4, 0.5) is 0 Å². The van der Waals surface area contributed by atoms with Gasteiger partial charge in [0, 0.05) is 6.42 Å². The Labute approximate surface area is 162 Å². The zero-order chi connectivity index (χ0) is 20.3. The molecule has 0 bridgehead atoms. The Balaban J connectivity index is 4.06. The Bertz CT molecular complexity index is 555. The molecule has 0 saturated heterocycles. The summed E-state index contributed by atoms with van der Waals surface area (Å²) in [5.41, 5.74) is 0. The molecule has 0 saturated carbocycles. The van der Waals surface area contributed by atoms with Crippen LogP contribution in [-0.2, 0) is 4.79 Å². The van der Waals surface area contributed by atoms with Crippen LogP contribution in [0.15, 0.2) is 72.9 Å². The van der Waals surface area contributed by atoms with E-state index >= 15 is 0 Å². The molecule has 0 aromatic heterocycles. The Hall–Kier alpha value is -2.21. The number of hydrogen-bond acceptors (Lipinski definition) is 4. The number of rotatable bonds is 14. The minimum atomic E-state index is -0.992. The van der Waals surface area contributed by atoms with Gasteiger partial charge in [0.15, 0.2) is 0 Å². The molecule has 0 spiro atoms. The molecule has 0 aromatic rings. The maximum Gasteiger partial charge on any atom is 0.303 e. The third kappa shape index (κ3) is 17.0. The molecule has 5 nitrogen and oxygen atoms in total. The monoisotopic (exact) mass is 376 g/mol. The zero-order valence-electron chi connectivity index (χ0n) is 15.9. The fraction of sp³-hybridized carbons (Fsp3) is 0.409. The van der Waals surface area contributed by atoms with E-state index < -0.39 is 24.3 Å².